The van der Waals surface area contributed by atoms with Crippen LogP contribution >= 0.6 is 0 Å². The van der Waals surface area contributed by atoms with E-state index in [-0.39, 0.29) is 18.5 Å². The Bertz CT molecular complexity index is 619. The highest BCUT2D eigenvalue weighted by Crippen LogP contribution is 2.23. The van der Waals surface area contributed by atoms with Gasteiger partial charge in [0.05, 0.1) is 11.9 Å². The number of aryl methyl sites for hydroxylation is 1. The third-order valence-electron chi connectivity index (χ3n) is 4.27. The van der Waals surface area contributed by atoms with Gasteiger partial charge in [-0.15, -0.1) is 0 Å². The summed E-state index contributed by atoms with van der Waals surface area (Å²) in [5.74, 6) is -0.155. The molecule has 1 aliphatic carbocycles. The Morgan fingerprint density at radius 3 is 2.23 bits per heavy atom. The minimum Gasteiger partial charge on any atom is -0.341 e. The molecule has 1 aromatic rings. The molecule has 1 aromatic carbocycles. The van der Waals surface area contributed by atoms with E-state index in [2.05, 4.69) is 0 Å². The molecule has 1 aliphatic rings. The fraction of sp³-hybridized carbons (Fsp3) is 0.562. The Morgan fingerprint density at radius 2 is 1.73 bits per heavy atom. The molecule has 0 spiro atoms. The zero-order chi connectivity index (χ0) is 16.3. The maximum absolute atomic E-state index is 12.4. The van der Waals surface area contributed by atoms with Crippen molar-refractivity contribution in [1.82, 2.24) is 4.90 Å². The summed E-state index contributed by atoms with van der Waals surface area (Å²) < 4.78 is 25.3. The van der Waals surface area contributed by atoms with E-state index < -0.39 is 10.0 Å². The Hall–Kier alpha value is -1.56. The van der Waals surface area contributed by atoms with Crippen LogP contribution in [0.5, 0.6) is 0 Å². The fourth-order valence-electron chi connectivity index (χ4n) is 2.84. The predicted octanol–water partition coefficient (Wildman–Crippen LogP) is 2.16. The molecule has 0 atom stereocenters. The van der Waals surface area contributed by atoms with Crippen LogP contribution in [0.15, 0.2) is 24.3 Å². The maximum Gasteiger partial charge on any atom is 0.243 e. The second-order valence-electron chi connectivity index (χ2n) is 6.05. The van der Waals surface area contributed by atoms with Gasteiger partial charge >= 0.3 is 0 Å². The van der Waals surface area contributed by atoms with E-state index in [1.807, 2.05) is 19.1 Å². The summed E-state index contributed by atoms with van der Waals surface area (Å²) in [5, 5.41) is 0. The number of hydrogen-bond donors (Lipinski definition) is 0. The normalized spacial score (nSPS) is 15.8. The first-order chi connectivity index (χ1) is 10.3. The molecule has 0 radical (unpaired) electrons. The third kappa shape index (κ3) is 4.00. The van der Waals surface area contributed by atoms with Crippen molar-refractivity contribution in [3.63, 3.8) is 0 Å². The highest BCUT2D eigenvalue weighted by molar-refractivity contribution is 7.92. The van der Waals surface area contributed by atoms with Gasteiger partial charge in [-0.2, -0.15) is 0 Å². The SMILES string of the molecule is Cc1ccc(N(CC(=O)N(C)C2CCCC2)S(C)(=O)=O)cc1. The number of likely N-dealkylation sites (N-methyl/N-ethyl adjacent to an activating group) is 1. The summed E-state index contributed by atoms with van der Waals surface area (Å²) in [6.07, 6.45) is 5.42. The Balaban J connectivity index is 2.16. The number of carbonyl (C=O) groups is 1. The molecule has 1 saturated carbocycles. The molecule has 2 rings (SSSR count). The lowest BCUT2D eigenvalue weighted by atomic mass is 10.2. The van der Waals surface area contributed by atoms with Gasteiger partial charge in [0, 0.05) is 13.1 Å². The number of amides is 1. The highest BCUT2D eigenvalue weighted by atomic mass is 32.2. The second kappa shape index (κ2) is 6.69. The van der Waals surface area contributed by atoms with Crippen molar-refractivity contribution in [3.8, 4) is 0 Å². The molecule has 0 heterocycles. The van der Waals surface area contributed by atoms with Gasteiger partial charge in [0.25, 0.3) is 0 Å². The topological polar surface area (TPSA) is 57.7 Å². The number of carbonyl (C=O) groups excluding carboxylic acids is 1. The number of rotatable bonds is 5. The van der Waals surface area contributed by atoms with E-state index in [4.69, 9.17) is 0 Å². The van der Waals surface area contributed by atoms with Crippen molar-refractivity contribution in [1.29, 1.82) is 0 Å². The van der Waals surface area contributed by atoms with Gasteiger partial charge in [0.1, 0.15) is 6.54 Å². The van der Waals surface area contributed by atoms with Gasteiger partial charge in [0.2, 0.25) is 15.9 Å². The smallest absolute Gasteiger partial charge is 0.243 e. The van der Waals surface area contributed by atoms with Crippen molar-refractivity contribution >= 4 is 21.6 Å². The number of benzene rings is 1. The average Bonchev–Trinajstić information content (AvgIpc) is 2.97. The molecule has 0 N–H and O–H groups in total. The summed E-state index contributed by atoms with van der Waals surface area (Å²) in [4.78, 5) is 14.2. The molecule has 0 aliphatic heterocycles. The van der Waals surface area contributed by atoms with Crippen LogP contribution in [0.2, 0.25) is 0 Å². The summed E-state index contributed by atoms with van der Waals surface area (Å²) in [6.45, 7) is 1.79. The van der Waals surface area contributed by atoms with E-state index >= 15 is 0 Å². The predicted molar refractivity (Wildman–Crippen MR) is 88.4 cm³/mol. The zero-order valence-corrected chi connectivity index (χ0v) is 14.3. The van der Waals surface area contributed by atoms with Crippen LogP contribution in [0, 0.1) is 6.92 Å². The molecular weight excluding hydrogens is 300 g/mol. The molecule has 6 heteroatoms. The monoisotopic (exact) mass is 324 g/mol. The number of hydrogen-bond acceptors (Lipinski definition) is 3. The summed E-state index contributed by atoms with van der Waals surface area (Å²) in [6, 6.07) is 7.41. The molecule has 1 amide bonds. The van der Waals surface area contributed by atoms with Crippen LogP contribution in [0.3, 0.4) is 0 Å². The van der Waals surface area contributed by atoms with E-state index in [0.29, 0.717) is 5.69 Å². The van der Waals surface area contributed by atoms with Crippen molar-refractivity contribution in [2.45, 2.75) is 38.6 Å². The van der Waals surface area contributed by atoms with Crippen molar-refractivity contribution < 1.29 is 13.2 Å². The van der Waals surface area contributed by atoms with Gasteiger partial charge < -0.3 is 4.90 Å². The van der Waals surface area contributed by atoms with Crippen molar-refractivity contribution in [2.75, 3.05) is 24.2 Å². The van der Waals surface area contributed by atoms with Crippen molar-refractivity contribution in [2.24, 2.45) is 0 Å². The molecule has 122 valence electrons. The standard InChI is InChI=1S/C16H24N2O3S/c1-13-8-10-15(11-9-13)18(22(3,20)21)12-16(19)17(2)14-6-4-5-7-14/h8-11,14H,4-7,12H2,1-3H3. The van der Waals surface area contributed by atoms with Crippen LogP contribution in [-0.4, -0.2) is 45.1 Å². The van der Waals surface area contributed by atoms with Crippen LogP contribution in [0.4, 0.5) is 5.69 Å². The summed E-state index contributed by atoms with van der Waals surface area (Å²) >= 11 is 0. The quantitative estimate of drug-likeness (QED) is 0.834. The Labute approximate surface area is 133 Å². The minimum absolute atomic E-state index is 0.144. The lowest BCUT2D eigenvalue weighted by Crippen LogP contribution is -2.44. The zero-order valence-electron chi connectivity index (χ0n) is 13.4. The first-order valence-corrected chi connectivity index (χ1v) is 9.44. The third-order valence-corrected chi connectivity index (χ3v) is 5.41. The number of sulfonamides is 1. The van der Waals surface area contributed by atoms with E-state index in [1.54, 1.807) is 24.1 Å². The molecular formula is C16H24N2O3S. The van der Waals surface area contributed by atoms with Crippen LogP contribution < -0.4 is 4.31 Å². The largest absolute Gasteiger partial charge is 0.341 e. The Kier molecular flexibility index (Phi) is 5.11. The van der Waals surface area contributed by atoms with Crippen LogP contribution in [0.25, 0.3) is 0 Å². The average molecular weight is 324 g/mol. The maximum atomic E-state index is 12.4. The molecule has 0 saturated heterocycles. The van der Waals surface area contributed by atoms with Gasteiger partial charge in [-0.25, -0.2) is 8.42 Å². The lowest BCUT2D eigenvalue weighted by Gasteiger charge is -2.28. The van der Waals surface area contributed by atoms with Crippen LogP contribution in [-0.2, 0) is 14.8 Å². The van der Waals surface area contributed by atoms with E-state index in [9.17, 15) is 13.2 Å². The first kappa shape index (κ1) is 16.8. The van der Waals surface area contributed by atoms with Gasteiger partial charge in [-0.05, 0) is 31.9 Å². The summed E-state index contributed by atoms with van der Waals surface area (Å²) in [7, 11) is -1.73. The molecule has 0 bridgehead atoms. The van der Waals surface area contributed by atoms with Gasteiger partial charge in [0.15, 0.2) is 0 Å². The van der Waals surface area contributed by atoms with Crippen LogP contribution in [0.1, 0.15) is 31.2 Å². The highest BCUT2D eigenvalue weighted by Gasteiger charge is 2.27. The molecule has 0 aromatic heterocycles. The first-order valence-electron chi connectivity index (χ1n) is 7.59. The molecule has 0 unspecified atom stereocenters. The molecule has 1 fully saturated rings. The van der Waals surface area contributed by atoms with Crippen molar-refractivity contribution in [3.05, 3.63) is 29.8 Å². The molecule has 22 heavy (non-hydrogen) atoms. The van der Waals surface area contributed by atoms with E-state index in [1.165, 1.54) is 4.31 Å². The minimum atomic E-state index is -3.50. The van der Waals surface area contributed by atoms with E-state index in [0.717, 1.165) is 37.5 Å². The second-order valence-corrected chi connectivity index (χ2v) is 7.95. The van der Waals surface area contributed by atoms with Gasteiger partial charge in [-0.3, -0.25) is 9.10 Å². The van der Waals surface area contributed by atoms with Gasteiger partial charge in [-0.1, -0.05) is 30.5 Å². The number of nitrogens with zero attached hydrogens (tertiary/aromatic N) is 2. The number of anilines is 1. The fourth-order valence-corrected chi connectivity index (χ4v) is 3.69. The Morgan fingerprint density at radius 1 is 1.18 bits per heavy atom. The molecule has 5 nitrogen and oxygen atoms in total. The summed E-state index contributed by atoms with van der Waals surface area (Å²) in [5.41, 5.74) is 1.58. The lowest BCUT2D eigenvalue weighted by molar-refractivity contribution is -0.130.